The van der Waals surface area contributed by atoms with Crippen LogP contribution in [0.1, 0.15) is 26.7 Å². The zero-order valence-electron chi connectivity index (χ0n) is 7.60. The highest BCUT2D eigenvalue weighted by Gasteiger charge is 2.17. The first-order chi connectivity index (χ1) is 5.34. The van der Waals surface area contributed by atoms with Crippen molar-refractivity contribution in [3.8, 4) is 0 Å². The molecule has 1 aliphatic rings. The average Bonchev–Trinajstić information content (AvgIpc) is 2.30. The summed E-state index contributed by atoms with van der Waals surface area (Å²) in [5.74, 6) is 0.717. The summed E-state index contributed by atoms with van der Waals surface area (Å²) in [5, 5.41) is 3.33. The maximum atomic E-state index is 5.69. The van der Waals surface area contributed by atoms with Crippen molar-refractivity contribution in [3.05, 3.63) is 0 Å². The summed E-state index contributed by atoms with van der Waals surface area (Å²) in [6.07, 6.45) is 2.90. The Labute approximate surface area is 69.3 Å². The summed E-state index contributed by atoms with van der Waals surface area (Å²) >= 11 is 0. The fraction of sp³-hybridized carbons (Fsp3) is 1.00. The third-order valence-electron chi connectivity index (χ3n) is 2.50. The standard InChI is InChI=1S/C9H19NO/c1-3-8(2)9-4-5-10-6-7-11-9/h8-10H,3-7H2,1-2H3. The molecule has 0 radical (unpaired) electrons. The Morgan fingerprint density at radius 1 is 1.55 bits per heavy atom. The molecule has 0 saturated carbocycles. The van der Waals surface area contributed by atoms with Crippen LogP contribution in [-0.4, -0.2) is 25.8 Å². The summed E-state index contributed by atoms with van der Waals surface area (Å²) in [5.41, 5.74) is 0. The van der Waals surface area contributed by atoms with Gasteiger partial charge in [-0.2, -0.15) is 0 Å². The molecule has 1 heterocycles. The molecule has 0 aromatic carbocycles. The van der Waals surface area contributed by atoms with E-state index in [0.717, 1.165) is 25.6 Å². The summed E-state index contributed by atoms with van der Waals surface area (Å²) in [4.78, 5) is 0. The van der Waals surface area contributed by atoms with Gasteiger partial charge in [0.05, 0.1) is 12.7 Å². The molecule has 1 aliphatic heterocycles. The van der Waals surface area contributed by atoms with Gasteiger partial charge in [-0.3, -0.25) is 0 Å². The molecule has 0 aromatic rings. The van der Waals surface area contributed by atoms with E-state index in [1.54, 1.807) is 0 Å². The van der Waals surface area contributed by atoms with Gasteiger partial charge in [-0.1, -0.05) is 20.3 Å². The van der Waals surface area contributed by atoms with E-state index < -0.39 is 0 Å². The Morgan fingerprint density at radius 2 is 2.36 bits per heavy atom. The van der Waals surface area contributed by atoms with Crippen molar-refractivity contribution in [1.29, 1.82) is 0 Å². The molecule has 66 valence electrons. The van der Waals surface area contributed by atoms with Crippen molar-refractivity contribution >= 4 is 0 Å². The molecule has 0 amide bonds. The largest absolute Gasteiger partial charge is 0.377 e. The van der Waals surface area contributed by atoms with Gasteiger partial charge in [0.15, 0.2) is 0 Å². The zero-order valence-corrected chi connectivity index (χ0v) is 7.60. The van der Waals surface area contributed by atoms with Gasteiger partial charge in [-0.25, -0.2) is 0 Å². The second kappa shape index (κ2) is 4.73. The Balaban J connectivity index is 2.30. The van der Waals surface area contributed by atoms with Gasteiger partial charge in [-0.15, -0.1) is 0 Å². The Hall–Kier alpha value is -0.0800. The van der Waals surface area contributed by atoms with Crippen LogP contribution in [0.25, 0.3) is 0 Å². The van der Waals surface area contributed by atoms with Crippen LogP contribution >= 0.6 is 0 Å². The van der Waals surface area contributed by atoms with Gasteiger partial charge in [0, 0.05) is 6.54 Å². The first-order valence-corrected chi connectivity index (χ1v) is 4.67. The van der Waals surface area contributed by atoms with Gasteiger partial charge in [0.2, 0.25) is 0 Å². The lowest BCUT2D eigenvalue weighted by Crippen LogP contribution is -2.21. The topological polar surface area (TPSA) is 21.3 Å². The van der Waals surface area contributed by atoms with Gasteiger partial charge in [0.25, 0.3) is 0 Å². The molecule has 2 atom stereocenters. The molecule has 0 bridgehead atoms. The van der Waals surface area contributed by atoms with Crippen LogP contribution in [0.4, 0.5) is 0 Å². The van der Waals surface area contributed by atoms with Crippen molar-refractivity contribution in [1.82, 2.24) is 5.32 Å². The fourth-order valence-electron chi connectivity index (χ4n) is 1.45. The second-order valence-corrected chi connectivity index (χ2v) is 3.33. The monoisotopic (exact) mass is 157 g/mol. The van der Waals surface area contributed by atoms with E-state index >= 15 is 0 Å². The van der Waals surface area contributed by atoms with Gasteiger partial charge >= 0.3 is 0 Å². The van der Waals surface area contributed by atoms with E-state index in [4.69, 9.17) is 4.74 Å². The summed E-state index contributed by atoms with van der Waals surface area (Å²) < 4.78 is 5.69. The third kappa shape index (κ3) is 2.80. The first kappa shape index (κ1) is 9.01. The van der Waals surface area contributed by atoms with E-state index in [9.17, 15) is 0 Å². The van der Waals surface area contributed by atoms with Crippen molar-refractivity contribution in [2.45, 2.75) is 32.8 Å². The smallest absolute Gasteiger partial charge is 0.0613 e. The average molecular weight is 157 g/mol. The first-order valence-electron chi connectivity index (χ1n) is 4.67. The maximum Gasteiger partial charge on any atom is 0.0613 e. The van der Waals surface area contributed by atoms with E-state index in [-0.39, 0.29) is 0 Å². The van der Waals surface area contributed by atoms with Crippen LogP contribution in [0, 0.1) is 5.92 Å². The number of hydrogen-bond donors (Lipinski definition) is 1. The molecule has 2 heteroatoms. The minimum absolute atomic E-state index is 0.495. The lowest BCUT2D eigenvalue weighted by molar-refractivity contribution is 0.0260. The minimum atomic E-state index is 0.495. The van der Waals surface area contributed by atoms with E-state index in [1.165, 1.54) is 12.8 Å². The Kier molecular flexibility index (Phi) is 3.87. The molecule has 2 unspecified atom stereocenters. The summed E-state index contributed by atoms with van der Waals surface area (Å²) in [6.45, 7) is 7.53. The molecule has 11 heavy (non-hydrogen) atoms. The Morgan fingerprint density at radius 3 is 3.09 bits per heavy atom. The highest BCUT2D eigenvalue weighted by atomic mass is 16.5. The van der Waals surface area contributed by atoms with Gasteiger partial charge in [0.1, 0.15) is 0 Å². The fourth-order valence-corrected chi connectivity index (χ4v) is 1.45. The lowest BCUT2D eigenvalue weighted by Gasteiger charge is -2.20. The van der Waals surface area contributed by atoms with E-state index in [2.05, 4.69) is 19.2 Å². The number of nitrogens with one attached hydrogen (secondary N) is 1. The molecule has 2 nitrogen and oxygen atoms in total. The van der Waals surface area contributed by atoms with Crippen molar-refractivity contribution < 1.29 is 4.74 Å². The predicted octanol–water partition coefficient (Wildman–Crippen LogP) is 1.41. The quantitative estimate of drug-likeness (QED) is 0.654. The number of hydrogen-bond acceptors (Lipinski definition) is 2. The molecule has 1 rings (SSSR count). The van der Waals surface area contributed by atoms with Gasteiger partial charge in [-0.05, 0) is 18.9 Å². The minimum Gasteiger partial charge on any atom is -0.377 e. The normalized spacial score (nSPS) is 29.5. The molecule has 1 fully saturated rings. The molecule has 0 spiro atoms. The van der Waals surface area contributed by atoms with Gasteiger partial charge < -0.3 is 10.1 Å². The predicted molar refractivity (Wildman–Crippen MR) is 46.7 cm³/mol. The van der Waals surface area contributed by atoms with Crippen LogP contribution in [0.5, 0.6) is 0 Å². The molecule has 0 aromatic heterocycles. The van der Waals surface area contributed by atoms with Crippen molar-refractivity contribution in [2.24, 2.45) is 5.92 Å². The molecule has 1 saturated heterocycles. The van der Waals surface area contributed by atoms with Crippen LogP contribution < -0.4 is 5.32 Å². The third-order valence-corrected chi connectivity index (χ3v) is 2.50. The van der Waals surface area contributed by atoms with Crippen LogP contribution in [0.2, 0.25) is 0 Å². The highest BCUT2D eigenvalue weighted by molar-refractivity contribution is 4.69. The second-order valence-electron chi connectivity index (χ2n) is 3.33. The molecule has 1 N–H and O–H groups in total. The molecular weight excluding hydrogens is 138 g/mol. The van der Waals surface area contributed by atoms with Crippen LogP contribution in [0.3, 0.4) is 0 Å². The van der Waals surface area contributed by atoms with Crippen LogP contribution in [0.15, 0.2) is 0 Å². The molecule has 0 aliphatic carbocycles. The lowest BCUT2D eigenvalue weighted by atomic mass is 9.99. The summed E-state index contributed by atoms with van der Waals surface area (Å²) in [7, 11) is 0. The highest BCUT2D eigenvalue weighted by Crippen LogP contribution is 2.15. The molecular formula is C9H19NO. The SMILES string of the molecule is CCC(C)C1CCNCCO1. The van der Waals surface area contributed by atoms with E-state index in [1.807, 2.05) is 0 Å². The van der Waals surface area contributed by atoms with E-state index in [0.29, 0.717) is 6.10 Å². The van der Waals surface area contributed by atoms with Crippen LogP contribution in [-0.2, 0) is 4.74 Å². The van der Waals surface area contributed by atoms with Crippen molar-refractivity contribution in [2.75, 3.05) is 19.7 Å². The number of ether oxygens (including phenoxy) is 1. The maximum absolute atomic E-state index is 5.69. The van der Waals surface area contributed by atoms with Crippen molar-refractivity contribution in [3.63, 3.8) is 0 Å². The summed E-state index contributed by atoms with van der Waals surface area (Å²) in [6, 6.07) is 0. The Bertz CT molecular complexity index is 97.7. The number of rotatable bonds is 2. The zero-order chi connectivity index (χ0) is 8.10.